The van der Waals surface area contributed by atoms with E-state index in [2.05, 4.69) is 0 Å². The molecule has 2 N–H and O–H groups in total. The highest BCUT2D eigenvalue weighted by molar-refractivity contribution is 6.21. The third-order valence-electron chi connectivity index (χ3n) is 6.83. The lowest BCUT2D eigenvalue weighted by molar-refractivity contribution is 0.355. The van der Waals surface area contributed by atoms with E-state index in [9.17, 15) is 15.0 Å². The molecule has 0 bridgehead atoms. The molecule has 9 nitrogen and oxygen atoms in total. The Bertz CT molecular complexity index is 1970. The van der Waals surface area contributed by atoms with Gasteiger partial charge in [0.15, 0.2) is 34.5 Å². The highest BCUT2D eigenvalue weighted by Crippen LogP contribution is 2.46. The molecule has 3 aromatic carbocycles. The molecule has 6 aromatic rings. The number of ether oxygens (including phenoxy) is 4. The number of rotatable bonds is 5. The van der Waals surface area contributed by atoms with E-state index in [1.165, 1.54) is 28.4 Å². The van der Waals surface area contributed by atoms with Gasteiger partial charge in [-0.2, -0.15) is 0 Å². The van der Waals surface area contributed by atoms with E-state index in [1.54, 1.807) is 53.1 Å². The summed E-state index contributed by atoms with van der Waals surface area (Å²) in [5.74, 6) is 1.41. The summed E-state index contributed by atoms with van der Waals surface area (Å²) in [7, 11) is 5.99. The predicted molar refractivity (Wildman–Crippen MR) is 143 cm³/mol. The van der Waals surface area contributed by atoms with Crippen LogP contribution in [0.4, 0.5) is 0 Å². The second-order valence-electron chi connectivity index (χ2n) is 8.72. The Balaban J connectivity index is 1.91. The number of benzene rings is 3. The second kappa shape index (κ2) is 8.52. The smallest absolute Gasteiger partial charge is 0.361 e. The van der Waals surface area contributed by atoms with Crippen LogP contribution in [0.15, 0.2) is 63.9 Å². The van der Waals surface area contributed by atoms with Crippen molar-refractivity contribution in [1.82, 2.24) is 4.40 Å². The van der Waals surface area contributed by atoms with E-state index in [1.807, 2.05) is 6.07 Å². The molecule has 0 amide bonds. The molecular formula is C29H23NO8. The van der Waals surface area contributed by atoms with Gasteiger partial charge in [-0.15, -0.1) is 0 Å². The van der Waals surface area contributed by atoms with Crippen molar-refractivity contribution in [3.8, 4) is 45.6 Å². The van der Waals surface area contributed by atoms with Crippen LogP contribution >= 0.6 is 0 Å². The minimum absolute atomic E-state index is 0.00843. The number of pyridine rings is 1. The molecule has 0 spiro atoms. The van der Waals surface area contributed by atoms with Crippen molar-refractivity contribution in [3.63, 3.8) is 0 Å². The summed E-state index contributed by atoms with van der Waals surface area (Å²) in [6.45, 7) is 0. The van der Waals surface area contributed by atoms with Crippen LogP contribution in [0.25, 0.3) is 49.3 Å². The Kier molecular flexibility index (Phi) is 5.23. The molecule has 0 saturated carbocycles. The number of nitrogens with zero attached hydrogens (tertiary/aromatic N) is 1. The van der Waals surface area contributed by atoms with E-state index >= 15 is 0 Å². The maximum atomic E-state index is 13.5. The first-order valence-electron chi connectivity index (χ1n) is 11.6. The van der Waals surface area contributed by atoms with Crippen LogP contribution in [-0.2, 0) is 0 Å². The topological polar surface area (TPSA) is 112 Å². The molecule has 0 aliphatic rings. The molecule has 3 aromatic heterocycles. The van der Waals surface area contributed by atoms with E-state index < -0.39 is 5.63 Å². The highest BCUT2D eigenvalue weighted by Gasteiger charge is 2.24. The minimum Gasteiger partial charge on any atom is -0.504 e. The summed E-state index contributed by atoms with van der Waals surface area (Å²) in [5, 5.41) is 23.8. The van der Waals surface area contributed by atoms with Gasteiger partial charge in [0.05, 0.1) is 34.0 Å². The Morgan fingerprint density at radius 2 is 1.37 bits per heavy atom. The molecule has 0 atom stereocenters. The van der Waals surface area contributed by atoms with Gasteiger partial charge in [0.2, 0.25) is 0 Å². The fourth-order valence-electron chi connectivity index (χ4n) is 5.13. The lowest BCUT2D eigenvalue weighted by atomic mass is 9.98. The van der Waals surface area contributed by atoms with Gasteiger partial charge in [-0.25, -0.2) is 4.79 Å². The van der Waals surface area contributed by atoms with E-state index in [0.717, 1.165) is 10.8 Å². The maximum Gasteiger partial charge on any atom is 0.361 e. The lowest BCUT2D eigenvalue weighted by Gasteiger charge is -2.11. The average molecular weight is 514 g/mol. The van der Waals surface area contributed by atoms with Gasteiger partial charge in [-0.3, -0.25) is 0 Å². The van der Waals surface area contributed by atoms with Crippen LogP contribution in [0, 0.1) is 0 Å². The first kappa shape index (κ1) is 23.4. The Morgan fingerprint density at radius 3 is 2.05 bits per heavy atom. The zero-order valence-corrected chi connectivity index (χ0v) is 21.0. The van der Waals surface area contributed by atoms with Crippen molar-refractivity contribution >= 4 is 38.2 Å². The summed E-state index contributed by atoms with van der Waals surface area (Å²) in [6.07, 6.45) is 1.75. The van der Waals surface area contributed by atoms with Gasteiger partial charge in [0.25, 0.3) is 0 Å². The molecule has 0 unspecified atom stereocenters. The number of fused-ring (bicyclic) bond motifs is 7. The van der Waals surface area contributed by atoms with Gasteiger partial charge in [-0.1, -0.05) is 6.07 Å². The Morgan fingerprint density at radius 1 is 0.711 bits per heavy atom. The standard InChI is InChI=1S/C29H23NO8/c1-34-20-6-5-15(10-18(20)31)25-26-17-12-23(36-3)24(37-4)13-21(17)38-29(33)28(26)30-8-7-14-9-19(32)22(35-2)11-16(14)27(25)30/h5-13,31-32H,1-4H3. The Hall–Kier alpha value is -5.05. The number of aromatic nitrogens is 1. The molecule has 0 aliphatic heterocycles. The Labute approximate surface area is 215 Å². The van der Waals surface area contributed by atoms with Crippen LogP contribution in [-0.4, -0.2) is 43.1 Å². The summed E-state index contributed by atoms with van der Waals surface area (Å²) >= 11 is 0. The minimum atomic E-state index is -0.552. The second-order valence-corrected chi connectivity index (χ2v) is 8.72. The predicted octanol–water partition coefficient (Wildman–Crippen LogP) is 5.46. The number of phenolic OH excluding ortho intramolecular Hbond substituents is 2. The third kappa shape index (κ3) is 3.21. The number of methoxy groups -OCH3 is 4. The number of aromatic hydroxyl groups is 2. The molecule has 6 rings (SSSR count). The fraction of sp³-hybridized carbons (Fsp3) is 0.138. The van der Waals surface area contributed by atoms with Gasteiger partial charge in [0, 0.05) is 34.0 Å². The van der Waals surface area contributed by atoms with Crippen LogP contribution in [0.3, 0.4) is 0 Å². The van der Waals surface area contributed by atoms with Crippen LogP contribution < -0.4 is 24.6 Å². The van der Waals surface area contributed by atoms with Gasteiger partial charge >= 0.3 is 5.63 Å². The summed E-state index contributed by atoms with van der Waals surface area (Å²) < 4.78 is 29.2. The van der Waals surface area contributed by atoms with Crippen molar-refractivity contribution in [2.75, 3.05) is 28.4 Å². The molecule has 0 aliphatic carbocycles. The molecular weight excluding hydrogens is 490 g/mol. The zero-order valence-electron chi connectivity index (χ0n) is 21.0. The van der Waals surface area contributed by atoms with Crippen molar-refractivity contribution in [1.29, 1.82) is 0 Å². The number of phenols is 2. The van der Waals surface area contributed by atoms with Crippen LogP contribution in [0.5, 0.6) is 34.5 Å². The fourth-order valence-corrected chi connectivity index (χ4v) is 5.13. The number of hydrogen-bond donors (Lipinski definition) is 2. The molecule has 192 valence electrons. The maximum absolute atomic E-state index is 13.5. The first-order valence-corrected chi connectivity index (χ1v) is 11.6. The third-order valence-corrected chi connectivity index (χ3v) is 6.83. The molecule has 0 radical (unpaired) electrons. The van der Waals surface area contributed by atoms with Crippen molar-refractivity contribution in [2.24, 2.45) is 0 Å². The van der Waals surface area contributed by atoms with E-state index in [-0.39, 0.29) is 17.2 Å². The van der Waals surface area contributed by atoms with Gasteiger partial charge in [0.1, 0.15) is 11.1 Å². The quantitative estimate of drug-likeness (QED) is 0.292. The summed E-state index contributed by atoms with van der Waals surface area (Å²) in [4.78, 5) is 13.5. The normalized spacial score (nSPS) is 11.5. The van der Waals surface area contributed by atoms with Crippen molar-refractivity contribution in [3.05, 3.63) is 65.1 Å². The monoisotopic (exact) mass is 513 g/mol. The van der Waals surface area contributed by atoms with Crippen LogP contribution in [0.1, 0.15) is 0 Å². The van der Waals surface area contributed by atoms with E-state index in [0.29, 0.717) is 55.8 Å². The zero-order chi connectivity index (χ0) is 26.7. The van der Waals surface area contributed by atoms with Crippen molar-refractivity contribution < 1.29 is 33.6 Å². The molecule has 3 heterocycles. The average Bonchev–Trinajstić information content (AvgIpc) is 3.28. The molecule has 9 heteroatoms. The summed E-state index contributed by atoms with van der Waals surface area (Å²) in [6, 6.07) is 13.6. The SMILES string of the molecule is COc1ccc(-c2c3c4cc(OC)c(OC)cc4oc(=O)c3n3ccc4cc(O)c(OC)cc4c23)cc1O. The highest BCUT2D eigenvalue weighted by atomic mass is 16.5. The number of hydrogen-bond acceptors (Lipinski definition) is 8. The van der Waals surface area contributed by atoms with Crippen molar-refractivity contribution in [2.45, 2.75) is 0 Å². The van der Waals surface area contributed by atoms with Crippen LogP contribution in [0.2, 0.25) is 0 Å². The first-order chi connectivity index (χ1) is 18.4. The molecule has 0 saturated heterocycles. The van der Waals surface area contributed by atoms with Gasteiger partial charge < -0.3 is 38.0 Å². The molecule has 0 fully saturated rings. The largest absolute Gasteiger partial charge is 0.504 e. The molecule has 38 heavy (non-hydrogen) atoms. The van der Waals surface area contributed by atoms with E-state index in [4.69, 9.17) is 23.4 Å². The lowest BCUT2D eigenvalue weighted by Crippen LogP contribution is -2.03. The van der Waals surface area contributed by atoms with Gasteiger partial charge in [-0.05, 0) is 47.3 Å². The summed E-state index contributed by atoms with van der Waals surface area (Å²) in [5.41, 5.74) is 2.03.